The molecule has 0 saturated carbocycles. The monoisotopic (exact) mass is 402 g/mol. The Bertz CT molecular complexity index is 824. The number of aromatic amines is 1. The fourth-order valence-electron chi connectivity index (χ4n) is 2.99. The van der Waals surface area contributed by atoms with Crippen LogP contribution in [0.2, 0.25) is 0 Å². The average Bonchev–Trinajstić information content (AvgIpc) is 2.97. The fraction of sp³-hybridized carbons (Fsp3) is 0.455. The summed E-state index contributed by atoms with van der Waals surface area (Å²) in [5.41, 5.74) is 3.06. The number of carbonyl (C=O) groups is 2. The summed E-state index contributed by atoms with van der Waals surface area (Å²) in [6, 6.07) is 7.83. The molecule has 158 valence electrons. The normalized spacial score (nSPS) is 10.8. The largest absolute Gasteiger partial charge is 0.491 e. The van der Waals surface area contributed by atoms with Crippen molar-refractivity contribution in [2.24, 2.45) is 0 Å². The Morgan fingerprint density at radius 1 is 1.10 bits per heavy atom. The lowest BCUT2D eigenvalue weighted by atomic mass is 10.1. The molecular weight excluding hydrogens is 372 g/mol. The number of carbonyl (C=O) groups excluding carboxylic acids is 2. The Labute approximate surface area is 171 Å². The molecule has 2 rings (SSSR count). The molecular formula is C22H30N2O5. The highest BCUT2D eigenvalue weighted by Crippen LogP contribution is 2.19. The Morgan fingerprint density at radius 2 is 1.79 bits per heavy atom. The van der Waals surface area contributed by atoms with Crippen molar-refractivity contribution in [3.8, 4) is 5.75 Å². The van der Waals surface area contributed by atoms with Gasteiger partial charge in [0.1, 0.15) is 18.1 Å². The van der Waals surface area contributed by atoms with E-state index in [1.807, 2.05) is 38.1 Å². The van der Waals surface area contributed by atoms with Crippen molar-refractivity contribution in [2.75, 3.05) is 26.9 Å². The van der Waals surface area contributed by atoms with Crippen LogP contribution in [0.1, 0.15) is 51.5 Å². The van der Waals surface area contributed by atoms with E-state index < -0.39 is 5.97 Å². The maximum absolute atomic E-state index is 12.5. The van der Waals surface area contributed by atoms with Gasteiger partial charge in [0.15, 0.2) is 0 Å². The fourth-order valence-corrected chi connectivity index (χ4v) is 2.99. The molecule has 1 aromatic carbocycles. The lowest BCUT2D eigenvalue weighted by molar-refractivity contribution is 0.0386. The summed E-state index contributed by atoms with van der Waals surface area (Å²) in [4.78, 5) is 27.8. The number of nitrogens with one attached hydrogen (secondary N) is 2. The van der Waals surface area contributed by atoms with Gasteiger partial charge >= 0.3 is 5.97 Å². The first-order valence-electron chi connectivity index (χ1n) is 9.72. The van der Waals surface area contributed by atoms with Crippen molar-refractivity contribution >= 4 is 11.9 Å². The van der Waals surface area contributed by atoms with Crippen LogP contribution < -0.4 is 10.1 Å². The number of benzene rings is 1. The molecule has 1 aromatic heterocycles. The summed E-state index contributed by atoms with van der Waals surface area (Å²) >= 11 is 0. The van der Waals surface area contributed by atoms with Crippen molar-refractivity contribution in [1.82, 2.24) is 10.3 Å². The minimum atomic E-state index is -0.462. The molecule has 7 heteroatoms. The highest BCUT2D eigenvalue weighted by atomic mass is 16.6. The first-order valence-corrected chi connectivity index (χ1v) is 9.72. The summed E-state index contributed by atoms with van der Waals surface area (Å²) in [5.74, 6) is 0.118. The van der Waals surface area contributed by atoms with Crippen LogP contribution in [-0.4, -0.2) is 49.8 Å². The van der Waals surface area contributed by atoms with E-state index in [1.165, 1.54) is 7.11 Å². The van der Waals surface area contributed by atoms with Crippen LogP contribution in [0.15, 0.2) is 24.3 Å². The summed E-state index contributed by atoms with van der Waals surface area (Å²) in [5, 5.41) is 2.89. The third kappa shape index (κ3) is 6.35. The van der Waals surface area contributed by atoms with E-state index in [4.69, 9.17) is 14.2 Å². The van der Waals surface area contributed by atoms with Gasteiger partial charge in [-0.05, 0) is 57.4 Å². The average molecular weight is 402 g/mol. The zero-order valence-corrected chi connectivity index (χ0v) is 17.8. The van der Waals surface area contributed by atoms with E-state index in [-0.39, 0.29) is 18.6 Å². The standard InChI is InChI=1S/C22H30N2O5/c1-14(2)29-18-8-6-17(7-9-18)10-11-23-21(25)20-15(3)19(16(4)24-20)22(26)28-13-12-27-5/h6-9,14,24H,10-13H2,1-5H3,(H,23,25). The highest BCUT2D eigenvalue weighted by Gasteiger charge is 2.22. The lowest BCUT2D eigenvalue weighted by Gasteiger charge is -2.10. The van der Waals surface area contributed by atoms with Gasteiger partial charge in [0.25, 0.3) is 5.91 Å². The van der Waals surface area contributed by atoms with Gasteiger partial charge < -0.3 is 24.5 Å². The number of ether oxygens (including phenoxy) is 3. The van der Waals surface area contributed by atoms with Crippen LogP contribution in [0.25, 0.3) is 0 Å². The molecule has 0 aliphatic rings. The molecule has 0 aliphatic carbocycles. The number of rotatable bonds is 10. The minimum Gasteiger partial charge on any atom is -0.491 e. The Morgan fingerprint density at radius 3 is 2.41 bits per heavy atom. The summed E-state index contributed by atoms with van der Waals surface area (Å²) < 4.78 is 15.7. The number of esters is 1. The number of amides is 1. The molecule has 2 aromatic rings. The predicted octanol–water partition coefficient (Wildman–Crippen LogP) is 3.19. The van der Waals surface area contributed by atoms with Crippen molar-refractivity contribution < 1.29 is 23.8 Å². The number of hydrogen-bond acceptors (Lipinski definition) is 5. The number of methoxy groups -OCH3 is 1. The quantitative estimate of drug-likeness (QED) is 0.471. The molecule has 2 N–H and O–H groups in total. The molecule has 0 saturated heterocycles. The SMILES string of the molecule is COCCOC(=O)c1c(C)[nH]c(C(=O)NCCc2ccc(OC(C)C)cc2)c1C. The molecule has 1 amide bonds. The van der Waals surface area contributed by atoms with Crippen LogP contribution in [0.4, 0.5) is 0 Å². The van der Waals surface area contributed by atoms with Crippen molar-refractivity contribution in [1.29, 1.82) is 0 Å². The Hall–Kier alpha value is -2.80. The van der Waals surface area contributed by atoms with Gasteiger partial charge in [-0.1, -0.05) is 12.1 Å². The topological polar surface area (TPSA) is 89.7 Å². The smallest absolute Gasteiger partial charge is 0.340 e. The van der Waals surface area contributed by atoms with Gasteiger partial charge in [0.2, 0.25) is 0 Å². The van der Waals surface area contributed by atoms with E-state index in [1.54, 1.807) is 13.8 Å². The summed E-state index contributed by atoms with van der Waals surface area (Å²) in [6.07, 6.45) is 0.827. The third-order valence-electron chi connectivity index (χ3n) is 4.38. The van der Waals surface area contributed by atoms with Gasteiger partial charge in [0.05, 0.1) is 18.3 Å². The predicted molar refractivity (Wildman–Crippen MR) is 111 cm³/mol. The van der Waals surface area contributed by atoms with Crippen LogP contribution >= 0.6 is 0 Å². The molecule has 7 nitrogen and oxygen atoms in total. The van der Waals surface area contributed by atoms with E-state index in [9.17, 15) is 9.59 Å². The van der Waals surface area contributed by atoms with Gasteiger partial charge in [0, 0.05) is 19.3 Å². The second-order valence-corrected chi connectivity index (χ2v) is 7.07. The second kappa shape index (κ2) is 10.7. The number of H-pyrrole nitrogens is 1. The van der Waals surface area contributed by atoms with E-state index in [0.717, 1.165) is 11.3 Å². The molecule has 0 unspecified atom stereocenters. The molecule has 1 heterocycles. The third-order valence-corrected chi connectivity index (χ3v) is 4.38. The zero-order chi connectivity index (χ0) is 21.4. The molecule has 0 fully saturated rings. The maximum Gasteiger partial charge on any atom is 0.340 e. The van der Waals surface area contributed by atoms with E-state index in [0.29, 0.717) is 42.1 Å². The summed E-state index contributed by atoms with van der Waals surface area (Å²) in [7, 11) is 1.54. The molecule has 29 heavy (non-hydrogen) atoms. The van der Waals surface area contributed by atoms with Gasteiger partial charge in [-0.2, -0.15) is 0 Å². The molecule has 0 spiro atoms. The molecule has 0 radical (unpaired) electrons. The van der Waals surface area contributed by atoms with Crippen LogP contribution in [0, 0.1) is 13.8 Å². The molecule has 0 atom stereocenters. The molecule has 0 bridgehead atoms. The summed E-state index contributed by atoms with van der Waals surface area (Å²) in [6.45, 7) is 8.43. The second-order valence-electron chi connectivity index (χ2n) is 7.07. The van der Waals surface area contributed by atoms with Crippen molar-refractivity contribution in [3.05, 3.63) is 52.3 Å². The minimum absolute atomic E-state index is 0.134. The van der Waals surface area contributed by atoms with E-state index >= 15 is 0 Å². The van der Waals surface area contributed by atoms with Crippen LogP contribution in [0.5, 0.6) is 5.75 Å². The number of hydrogen-bond donors (Lipinski definition) is 2. The number of aromatic nitrogens is 1. The Balaban J connectivity index is 1.92. The van der Waals surface area contributed by atoms with Gasteiger partial charge in [-0.3, -0.25) is 4.79 Å². The van der Waals surface area contributed by atoms with E-state index in [2.05, 4.69) is 10.3 Å². The Kier molecular flexibility index (Phi) is 8.27. The van der Waals surface area contributed by atoms with Gasteiger partial charge in [-0.25, -0.2) is 4.79 Å². The van der Waals surface area contributed by atoms with Gasteiger partial charge in [-0.15, -0.1) is 0 Å². The zero-order valence-electron chi connectivity index (χ0n) is 17.8. The van der Waals surface area contributed by atoms with Crippen molar-refractivity contribution in [3.63, 3.8) is 0 Å². The molecule has 0 aliphatic heterocycles. The maximum atomic E-state index is 12.5. The lowest BCUT2D eigenvalue weighted by Crippen LogP contribution is -2.26. The van der Waals surface area contributed by atoms with Crippen molar-refractivity contribution in [2.45, 2.75) is 40.2 Å². The van der Waals surface area contributed by atoms with Crippen LogP contribution in [0.3, 0.4) is 0 Å². The first-order chi connectivity index (χ1) is 13.8. The highest BCUT2D eigenvalue weighted by molar-refractivity contribution is 6.00. The first kappa shape index (κ1) is 22.5. The van der Waals surface area contributed by atoms with Crippen LogP contribution in [-0.2, 0) is 15.9 Å². The number of aryl methyl sites for hydroxylation is 1.